The first-order valence-electron chi connectivity index (χ1n) is 7.99. The highest BCUT2D eigenvalue weighted by Crippen LogP contribution is 2.18. The van der Waals surface area contributed by atoms with Gasteiger partial charge in [-0.05, 0) is 54.9 Å². The van der Waals surface area contributed by atoms with Gasteiger partial charge in [0.1, 0.15) is 5.60 Å². The van der Waals surface area contributed by atoms with Gasteiger partial charge < -0.3 is 14.4 Å². The second-order valence-electron chi connectivity index (χ2n) is 7.87. The van der Waals surface area contributed by atoms with E-state index in [1.807, 2.05) is 48.5 Å². The van der Waals surface area contributed by atoms with Gasteiger partial charge in [0.25, 0.3) is 0 Å². The van der Waals surface area contributed by atoms with E-state index < -0.39 is 5.60 Å². The van der Waals surface area contributed by atoms with E-state index in [0.29, 0.717) is 19.8 Å². The third kappa shape index (κ3) is 7.42. The normalized spacial score (nSPS) is 21.6. The number of hydroxylamine groups is 1. The molecule has 1 saturated heterocycles. The molecule has 1 amide bonds. The quantitative estimate of drug-likeness (QED) is 0.808. The molecule has 0 bridgehead atoms. The van der Waals surface area contributed by atoms with Gasteiger partial charge in [-0.1, -0.05) is 0 Å². The van der Waals surface area contributed by atoms with Crippen molar-refractivity contribution in [3.63, 3.8) is 0 Å². The minimum absolute atomic E-state index is 0.00494. The first kappa shape index (κ1) is 19.2. The average Bonchev–Trinajstić information content (AvgIpc) is 2.34. The lowest BCUT2D eigenvalue weighted by atomic mass is 10.1. The van der Waals surface area contributed by atoms with E-state index in [9.17, 15) is 4.79 Å². The number of morpholine rings is 1. The van der Waals surface area contributed by atoms with Crippen molar-refractivity contribution in [3.8, 4) is 0 Å². The van der Waals surface area contributed by atoms with Crippen molar-refractivity contribution in [1.82, 2.24) is 10.4 Å². The zero-order valence-corrected chi connectivity index (χ0v) is 15.1. The van der Waals surface area contributed by atoms with Crippen LogP contribution in [0.25, 0.3) is 0 Å². The number of carbonyl (C=O) groups excluding carboxylic acids is 1. The first-order valence-corrected chi connectivity index (χ1v) is 7.99. The fourth-order valence-corrected chi connectivity index (χ4v) is 2.14. The van der Waals surface area contributed by atoms with Crippen molar-refractivity contribution in [2.45, 2.75) is 78.2 Å². The Morgan fingerprint density at radius 3 is 2.45 bits per heavy atom. The van der Waals surface area contributed by atoms with Crippen molar-refractivity contribution in [1.29, 1.82) is 0 Å². The number of carbonyl (C=O) groups is 1. The molecular formula is C16H32N2O4. The van der Waals surface area contributed by atoms with Crippen molar-refractivity contribution < 1.29 is 19.1 Å². The highest BCUT2D eigenvalue weighted by atomic mass is 16.7. The van der Waals surface area contributed by atoms with Gasteiger partial charge in [-0.15, -0.1) is 0 Å². The monoisotopic (exact) mass is 316 g/mol. The molecule has 1 fully saturated rings. The lowest BCUT2D eigenvalue weighted by Crippen LogP contribution is -2.52. The summed E-state index contributed by atoms with van der Waals surface area (Å²) < 4.78 is 11.0. The summed E-state index contributed by atoms with van der Waals surface area (Å²) in [6.45, 7) is 15.3. The van der Waals surface area contributed by atoms with E-state index in [4.69, 9.17) is 14.3 Å². The van der Waals surface area contributed by atoms with Crippen LogP contribution in [-0.2, 0) is 14.3 Å². The molecule has 1 aliphatic heterocycles. The summed E-state index contributed by atoms with van der Waals surface area (Å²) in [5.74, 6) is 0. The molecule has 2 atom stereocenters. The molecule has 130 valence electrons. The molecule has 22 heavy (non-hydrogen) atoms. The maximum absolute atomic E-state index is 12.3. The summed E-state index contributed by atoms with van der Waals surface area (Å²) in [5, 5.41) is 0. The molecule has 0 aromatic heterocycles. The van der Waals surface area contributed by atoms with Gasteiger partial charge in [-0.3, -0.25) is 4.84 Å². The molecular weight excluding hydrogens is 284 g/mol. The largest absolute Gasteiger partial charge is 0.444 e. The molecule has 0 aliphatic carbocycles. The van der Waals surface area contributed by atoms with E-state index in [-0.39, 0.29) is 23.8 Å². The molecule has 0 radical (unpaired) electrons. The molecule has 0 aromatic carbocycles. The molecule has 6 heteroatoms. The Morgan fingerprint density at radius 1 is 1.27 bits per heavy atom. The summed E-state index contributed by atoms with van der Waals surface area (Å²) in [6, 6.07) is 0.102. The topological polar surface area (TPSA) is 60.0 Å². The van der Waals surface area contributed by atoms with Gasteiger partial charge in [0.05, 0.1) is 24.9 Å². The Labute approximate surface area is 134 Å². The van der Waals surface area contributed by atoms with Crippen LogP contribution < -0.4 is 5.48 Å². The minimum atomic E-state index is -0.487. The third-order valence-corrected chi connectivity index (χ3v) is 3.05. The highest BCUT2D eigenvalue weighted by molar-refractivity contribution is 5.68. The smallest absolute Gasteiger partial charge is 0.410 e. The van der Waals surface area contributed by atoms with Crippen molar-refractivity contribution in [2.24, 2.45) is 0 Å². The van der Waals surface area contributed by atoms with Crippen LogP contribution in [-0.4, -0.2) is 54.0 Å². The molecule has 1 heterocycles. The number of ether oxygens (including phenoxy) is 2. The van der Waals surface area contributed by atoms with Gasteiger partial charge in [0.15, 0.2) is 0 Å². The van der Waals surface area contributed by atoms with Crippen molar-refractivity contribution in [3.05, 3.63) is 0 Å². The van der Waals surface area contributed by atoms with E-state index in [1.54, 1.807) is 4.90 Å². The summed E-state index contributed by atoms with van der Waals surface area (Å²) in [7, 11) is 0. The summed E-state index contributed by atoms with van der Waals surface area (Å²) in [4.78, 5) is 19.7. The Bertz CT molecular complexity index is 360. The predicted octanol–water partition coefficient (Wildman–Crippen LogP) is 2.72. The van der Waals surface area contributed by atoms with E-state index in [2.05, 4.69) is 5.48 Å². The Balaban J connectivity index is 2.56. The number of amides is 1. The van der Waals surface area contributed by atoms with Crippen molar-refractivity contribution >= 4 is 6.09 Å². The van der Waals surface area contributed by atoms with Gasteiger partial charge >= 0.3 is 6.09 Å². The van der Waals surface area contributed by atoms with Crippen molar-refractivity contribution in [2.75, 3.05) is 19.8 Å². The Morgan fingerprint density at radius 2 is 1.91 bits per heavy atom. The zero-order valence-electron chi connectivity index (χ0n) is 15.1. The van der Waals surface area contributed by atoms with Crippen LogP contribution >= 0.6 is 0 Å². The molecule has 1 aliphatic rings. The average molecular weight is 316 g/mol. The molecule has 0 saturated carbocycles. The first-order chi connectivity index (χ1) is 9.98. The number of nitrogens with zero attached hydrogens (tertiary/aromatic N) is 1. The summed E-state index contributed by atoms with van der Waals surface area (Å²) >= 11 is 0. The van der Waals surface area contributed by atoms with Crippen LogP contribution in [0.1, 0.15) is 54.9 Å². The number of nitrogens with one attached hydrogen (secondary N) is 1. The van der Waals surface area contributed by atoms with E-state index in [1.165, 1.54) is 0 Å². The molecule has 2 unspecified atom stereocenters. The second-order valence-corrected chi connectivity index (χ2v) is 7.87. The SMILES string of the molecule is CC(CC1COCCN1C(=O)OC(C)(C)C)NOC(C)(C)C. The predicted molar refractivity (Wildman–Crippen MR) is 85.6 cm³/mol. The van der Waals surface area contributed by atoms with Gasteiger partial charge in [0, 0.05) is 12.6 Å². The summed E-state index contributed by atoms with van der Waals surface area (Å²) in [6.07, 6.45) is 0.472. The second kappa shape index (κ2) is 7.62. The van der Waals surface area contributed by atoms with Crippen LogP contribution in [0.4, 0.5) is 4.79 Å². The molecule has 1 N–H and O–H groups in total. The van der Waals surface area contributed by atoms with Crippen LogP contribution in [0.5, 0.6) is 0 Å². The maximum Gasteiger partial charge on any atom is 0.410 e. The van der Waals surface area contributed by atoms with Crippen LogP contribution in [0, 0.1) is 0 Å². The summed E-state index contributed by atoms with van der Waals surface area (Å²) in [5.41, 5.74) is 2.31. The lowest BCUT2D eigenvalue weighted by Gasteiger charge is -2.38. The van der Waals surface area contributed by atoms with Gasteiger partial charge in [0.2, 0.25) is 0 Å². The number of rotatable bonds is 4. The van der Waals surface area contributed by atoms with E-state index in [0.717, 1.165) is 6.42 Å². The molecule has 0 aromatic rings. The zero-order chi connectivity index (χ0) is 17.0. The highest BCUT2D eigenvalue weighted by Gasteiger charge is 2.32. The van der Waals surface area contributed by atoms with Gasteiger partial charge in [-0.25, -0.2) is 4.79 Å². The molecule has 0 spiro atoms. The minimum Gasteiger partial charge on any atom is -0.444 e. The Hall–Kier alpha value is -0.850. The fraction of sp³-hybridized carbons (Fsp3) is 0.938. The van der Waals surface area contributed by atoms with Crippen LogP contribution in [0.15, 0.2) is 0 Å². The molecule has 1 rings (SSSR count). The van der Waals surface area contributed by atoms with Gasteiger partial charge in [-0.2, -0.15) is 5.48 Å². The number of hydrogen-bond donors (Lipinski definition) is 1. The maximum atomic E-state index is 12.3. The van der Waals surface area contributed by atoms with Crippen LogP contribution in [0.3, 0.4) is 0 Å². The fourth-order valence-electron chi connectivity index (χ4n) is 2.14. The van der Waals surface area contributed by atoms with Crippen LogP contribution in [0.2, 0.25) is 0 Å². The number of hydrogen-bond acceptors (Lipinski definition) is 5. The third-order valence-electron chi connectivity index (χ3n) is 3.05. The standard InChI is InChI=1S/C16H32N2O4/c1-12(17-22-16(5,6)7)10-13-11-20-9-8-18(13)14(19)21-15(2,3)4/h12-13,17H,8-11H2,1-7H3. The Kier molecular flexibility index (Phi) is 6.65. The molecule has 6 nitrogen and oxygen atoms in total. The van der Waals surface area contributed by atoms with E-state index >= 15 is 0 Å². The lowest BCUT2D eigenvalue weighted by molar-refractivity contribution is -0.0941.